The fourth-order valence-corrected chi connectivity index (χ4v) is 2.44. The molecule has 2 N–H and O–H groups in total. The van der Waals surface area contributed by atoms with E-state index in [1.807, 2.05) is 44.4 Å². The molecule has 0 heterocycles. The van der Waals surface area contributed by atoms with Crippen LogP contribution in [0.4, 0.5) is 0 Å². The Balaban J connectivity index is 2.55. The van der Waals surface area contributed by atoms with Gasteiger partial charge >= 0.3 is 0 Å². The summed E-state index contributed by atoms with van der Waals surface area (Å²) in [5.41, 5.74) is 1.09. The molecular weight excluding hydrogens is 274 g/mol. The maximum absolute atomic E-state index is 12.1. The Kier molecular flexibility index (Phi) is 6.88. The summed E-state index contributed by atoms with van der Waals surface area (Å²) in [6, 6.07) is 7.49. The zero-order valence-electron chi connectivity index (χ0n) is 12.4. The number of carbonyl (C=O) groups is 1. The van der Waals surface area contributed by atoms with E-state index >= 15 is 0 Å². The molecule has 1 amide bonds. The number of amides is 1. The van der Waals surface area contributed by atoms with Crippen molar-refractivity contribution < 1.29 is 14.6 Å². The number of carbonyl (C=O) groups excluding carboxylic acids is 1. The Hall–Kier alpha value is -1.20. The van der Waals surface area contributed by atoms with Crippen molar-refractivity contribution in [2.75, 3.05) is 12.9 Å². The van der Waals surface area contributed by atoms with Gasteiger partial charge in [-0.3, -0.25) is 4.79 Å². The molecule has 0 saturated carbocycles. The van der Waals surface area contributed by atoms with E-state index in [-0.39, 0.29) is 23.8 Å². The lowest BCUT2D eigenvalue weighted by molar-refractivity contribution is -0.127. The molecule has 4 nitrogen and oxygen atoms in total. The highest BCUT2D eigenvalue weighted by Crippen LogP contribution is 2.15. The van der Waals surface area contributed by atoms with Crippen LogP contribution in [-0.4, -0.2) is 41.3 Å². The number of hydrogen-bond donors (Lipinski definition) is 2. The first-order valence-corrected chi connectivity index (χ1v) is 7.94. The van der Waals surface area contributed by atoms with Gasteiger partial charge in [-0.05, 0) is 44.7 Å². The summed E-state index contributed by atoms with van der Waals surface area (Å²) in [7, 11) is 0. The second-order valence-corrected chi connectivity index (χ2v) is 5.91. The van der Waals surface area contributed by atoms with Crippen molar-refractivity contribution >= 4 is 17.7 Å². The van der Waals surface area contributed by atoms with Crippen molar-refractivity contribution in [3.8, 4) is 5.75 Å². The van der Waals surface area contributed by atoms with Crippen LogP contribution < -0.4 is 10.1 Å². The summed E-state index contributed by atoms with van der Waals surface area (Å²) in [6.45, 7) is 5.62. The number of aryl methyl sites for hydroxylation is 1. The molecule has 0 aromatic heterocycles. The van der Waals surface area contributed by atoms with E-state index in [1.54, 1.807) is 6.92 Å². The Labute approximate surface area is 124 Å². The highest BCUT2D eigenvalue weighted by molar-refractivity contribution is 7.99. The van der Waals surface area contributed by atoms with E-state index in [1.165, 1.54) is 11.8 Å². The quantitative estimate of drug-likeness (QED) is 0.808. The second-order valence-electron chi connectivity index (χ2n) is 4.83. The van der Waals surface area contributed by atoms with Crippen LogP contribution in [0.5, 0.6) is 5.75 Å². The Bertz CT molecular complexity index is 435. The summed E-state index contributed by atoms with van der Waals surface area (Å²) < 4.78 is 5.62. The molecule has 0 aliphatic rings. The molecule has 0 radical (unpaired) electrons. The third-order valence-electron chi connectivity index (χ3n) is 3.08. The molecule has 3 atom stereocenters. The van der Waals surface area contributed by atoms with Crippen LogP contribution in [-0.2, 0) is 4.79 Å². The lowest BCUT2D eigenvalue weighted by Crippen LogP contribution is -2.46. The predicted octanol–water partition coefficient (Wildman–Crippen LogP) is 1.99. The summed E-state index contributed by atoms with van der Waals surface area (Å²) in [6.07, 6.45) is 1.34. The van der Waals surface area contributed by atoms with E-state index in [0.717, 1.165) is 5.56 Å². The van der Waals surface area contributed by atoms with Gasteiger partial charge in [0.2, 0.25) is 0 Å². The van der Waals surface area contributed by atoms with Crippen LogP contribution in [0.3, 0.4) is 0 Å². The van der Waals surface area contributed by atoms with Gasteiger partial charge in [0.15, 0.2) is 6.10 Å². The third kappa shape index (κ3) is 5.06. The van der Waals surface area contributed by atoms with Gasteiger partial charge in [-0.1, -0.05) is 12.1 Å². The molecule has 3 unspecified atom stereocenters. The van der Waals surface area contributed by atoms with Gasteiger partial charge in [0, 0.05) is 11.3 Å². The standard InChI is InChI=1S/C15H23NO3S/c1-10-6-5-7-13(8-10)19-12(3)15(18)16-11(2)14(9-17)20-4/h5-8,11-12,14,17H,9H2,1-4H3,(H,16,18). The van der Waals surface area contributed by atoms with Gasteiger partial charge in [0.25, 0.3) is 5.91 Å². The van der Waals surface area contributed by atoms with Crippen molar-refractivity contribution in [3.05, 3.63) is 29.8 Å². The van der Waals surface area contributed by atoms with Gasteiger partial charge < -0.3 is 15.2 Å². The van der Waals surface area contributed by atoms with E-state index in [2.05, 4.69) is 5.32 Å². The van der Waals surface area contributed by atoms with E-state index in [9.17, 15) is 9.90 Å². The normalized spacial score (nSPS) is 15.2. The molecule has 0 bridgehead atoms. The minimum atomic E-state index is -0.569. The average molecular weight is 297 g/mol. The van der Waals surface area contributed by atoms with Crippen LogP contribution in [0.25, 0.3) is 0 Å². The largest absolute Gasteiger partial charge is 0.481 e. The first-order chi connectivity index (χ1) is 9.47. The number of rotatable bonds is 7. The van der Waals surface area contributed by atoms with Crippen molar-refractivity contribution in [3.63, 3.8) is 0 Å². The Morgan fingerprint density at radius 1 is 1.45 bits per heavy atom. The predicted molar refractivity (Wildman–Crippen MR) is 83.3 cm³/mol. The maximum Gasteiger partial charge on any atom is 0.261 e. The highest BCUT2D eigenvalue weighted by Gasteiger charge is 2.21. The summed E-state index contributed by atoms with van der Waals surface area (Å²) >= 11 is 1.53. The molecule has 1 aromatic carbocycles. The van der Waals surface area contributed by atoms with Crippen LogP contribution in [0.2, 0.25) is 0 Å². The van der Waals surface area contributed by atoms with Crippen molar-refractivity contribution in [2.24, 2.45) is 0 Å². The minimum absolute atomic E-state index is 0.00915. The molecular formula is C15H23NO3S. The molecule has 0 saturated heterocycles. The van der Waals surface area contributed by atoms with Gasteiger partial charge in [-0.15, -0.1) is 0 Å². The molecule has 0 aliphatic heterocycles. The van der Waals surface area contributed by atoms with Crippen molar-refractivity contribution in [2.45, 2.75) is 38.2 Å². The topological polar surface area (TPSA) is 58.6 Å². The van der Waals surface area contributed by atoms with Crippen LogP contribution in [0.1, 0.15) is 19.4 Å². The highest BCUT2D eigenvalue weighted by atomic mass is 32.2. The fraction of sp³-hybridized carbons (Fsp3) is 0.533. The molecule has 5 heteroatoms. The van der Waals surface area contributed by atoms with Crippen LogP contribution in [0.15, 0.2) is 24.3 Å². The zero-order chi connectivity index (χ0) is 15.1. The molecule has 0 fully saturated rings. The molecule has 1 aromatic rings. The first kappa shape index (κ1) is 16.9. The van der Waals surface area contributed by atoms with Crippen LogP contribution >= 0.6 is 11.8 Å². The average Bonchev–Trinajstić information content (AvgIpc) is 2.40. The van der Waals surface area contributed by atoms with E-state index in [4.69, 9.17) is 4.74 Å². The Morgan fingerprint density at radius 3 is 2.70 bits per heavy atom. The van der Waals surface area contributed by atoms with E-state index < -0.39 is 6.10 Å². The molecule has 0 spiro atoms. The first-order valence-electron chi connectivity index (χ1n) is 6.65. The minimum Gasteiger partial charge on any atom is -0.481 e. The van der Waals surface area contributed by atoms with Gasteiger partial charge in [0.05, 0.1) is 6.61 Å². The third-order valence-corrected chi connectivity index (χ3v) is 4.24. The van der Waals surface area contributed by atoms with E-state index in [0.29, 0.717) is 5.75 Å². The van der Waals surface area contributed by atoms with Gasteiger partial charge in [-0.2, -0.15) is 11.8 Å². The molecule has 0 aliphatic carbocycles. The molecule has 1 rings (SSSR count). The monoisotopic (exact) mass is 297 g/mol. The lowest BCUT2D eigenvalue weighted by atomic mass is 10.2. The number of hydrogen-bond acceptors (Lipinski definition) is 4. The SMILES string of the molecule is CSC(CO)C(C)NC(=O)C(C)Oc1cccc(C)c1. The lowest BCUT2D eigenvalue weighted by Gasteiger charge is -2.23. The number of ether oxygens (including phenoxy) is 1. The fourth-order valence-electron chi connectivity index (χ4n) is 1.82. The molecule has 20 heavy (non-hydrogen) atoms. The van der Waals surface area contributed by atoms with Crippen molar-refractivity contribution in [1.82, 2.24) is 5.32 Å². The van der Waals surface area contributed by atoms with Gasteiger partial charge in [-0.25, -0.2) is 0 Å². The maximum atomic E-state index is 12.1. The number of aliphatic hydroxyl groups is 1. The summed E-state index contributed by atoms with van der Waals surface area (Å²) in [4.78, 5) is 12.1. The Morgan fingerprint density at radius 2 is 2.15 bits per heavy atom. The number of nitrogens with one attached hydrogen (secondary N) is 1. The van der Waals surface area contributed by atoms with Crippen molar-refractivity contribution in [1.29, 1.82) is 0 Å². The summed E-state index contributed by atoms with van der Waals surface area (Å²) in [5, 5.41) is 12.1. The number of benzene rings is 1. The zero-order valence-corrected chi connectivity index (χ0v) is 13.2. The summed E-state index contributed by atoms with van der Waals surface area (Å²) in [5.74, 6) is 0.510. The smallest absolute Gasteiger partial charge is 0.261 e. The van der Waals surface area contributed by atoms with Gasteiger partial charge in [0.1, 0.15) is 5.75 Å². The van der Waals surface area contributed by atoms with Crippen LogP contribution in [0, 0.1) is 6.92 Å². The number of thioether (sulfide) groups is 1. The number of aliphatic hydroxyl groups excluding tert-OH is 1. The second kappa shape index (κ2) is 8.17. The molecule has 112 valence electrons.